The fraction of sp³-hybridized carbons (Fsp3) is 0.133. The molecule has 0 saturated carbocycles. The van der Waals surface area contributed by atoms with Crippen molar-refractivity contribution in [1.82, 2.24) is 9.78 Å². The van der Waals surface area contributed by atoms with E-state index in [2.05, 4.69) is 5.10 Å². The molecule has 0 aliphatic rings. The Balaban J connectivity index is 2.55. The average molecular weight is 302 g/mol. The first-order valence-electron chi connectivity index (χ1n) is 6.11. The van der Waals surface area contributed by atoms with Gasteiger partial charge in [-0.3, -0.25) is 0 Å². The zero-order valence-electron chi connectivity index (χ0n) is 11.5. The molecular weight excluding hydrogens is 290 g/mol. The van der Waals surface area contributed by atoms with Crippen LogP contribution in [-0.4, -0.2) is 20.9 Å². The third-order valence-electron chi connectivity index (χ3n) is 3.06. The summed E-state index contributed by atoms with van der Waals surface area (Å²) in [6.45, 7) is 3.58. The first kappa shape index (κ1) is 14.8. The van der Waals surface area contributed by atoms with Gasteiger partial charge >= 0.3 is 5.97 Å². The van der Waals surface area contributed by atoms with E-state index in [1.165, 1.54) is 6.08 Å². The van der Waals surface area contributed by atoms with Crippen LogP contribution in [0.1, 0.15) is 17.0 Å². The van der Waals surface area contributed by atoms with E-state index in [1.807, 2.05) is 19.1 Å². The number of hydrogen-bond acceptors (Lipinski definition) is 3. The maximum atomic E-state index is 10.9. The van der Waals surface area contributed by atoms with Crippen molar-refractivity contribution >= 4 is 23.6 Å². The summed E-state index contributed by atoms with van der Waals surface area (Å²) in [5, 5.41) is 22.8. The highest BCUT2D eigenvalue weighted by atomic mass is 35.5. The summed E-state index contributed by atoms with van der Waals surface area (Å²) >= 11 is 5.86. The molecule has 106 valence electrons. The highest BCUT2D eigenvalue weighted by molar-refractivity contribution is 6.30. The minimum absolute atomic E-state index is 0.322. The number of aliphatic carboxylic acids is 1. The summed E-state index contributed by atoms with van der Waals surface area (Å²) in [7, 11) is 0. The molecule has 5 nitrogen and oxygen atoms in total. The lowest BCUT2D eigenvalue weighted by molar-refractivity contribution is -0.132. The quantitative estimate of drug-likeness (QED) is 0.697. The second-order valence-corrected chi connectivity index (χ2v) is 4.88. The molecule has 0 saturated heterocycles. The fourth-order valence-electron chi connectivity index (χ4n) is 1.98. The van der Waals surface area contributed by atoms with Crippen LogP contribution in [0.2, 0.25) is 5.02 Å². The zero-order valence-corrected chi connectivity index (χ0v) is 12.2. The molecule has 2 rings (SSSR count). The third kappa shape index (κ3) is 2.96. The Bertz CT molecular complexity index is 767. The molecule has 1 N–H and O–H groups in total. The van der Waals surface area contributed by atoms with E-state index < -0.39 is 5.97 Å². The Kier molecular flexibility index (Phi) is 4.10. The van der Waals surface area contributed by atoms with Crippen LogP contribution in [0.15, 0.2) is 29.8 Å². The van der Waals surface area contributed by atoms with E-state index in [4.69, 9.17) is 22.0 Å². The average Bonchev–Trinajstić information content (AvgIpc) is 2.72. The number of aromatic nitrogens is 2. The van der Waals surface area contributed by atoms with Crippen molar-refractivity contribution in [2.45, 2.75) is 13.8 Å². The molecule has 6 heteroatoms. The largest absolute Gasteiger partial charge is 0.477 e. The van der Waals surface area contributed by atoms with Crippen molar-refractivity contribution in [2.24, 2.45) is 0 Å². The Morgan fingerprint density at radius 2 is 2.00 bits per heavy atom. The topological polar surface area (TPSA) is 78.9 Å². The normalized spacial score (nSPS) is 11.2. The summed E-state index contributed by atoms with van der Waals surface area (Å²) in [5.41, 5.74) is 2.52. The lowest BCUT2D eigenvalue weighted by Gasteiger charge is -2.04. The molecule has 1 aromatic heterocycles. The Morgan fingerprint density at radius 1 is 1.38 bits per heavy atom. The van der Waals surface area contributed by atoms with E-state index in [0.717, 1.165) is 11.4 Å². The van der Waals surface area contributed by atoms with E-state index in [-0.39, 0.29) is 5.57 Å². The molecule has 0 atom stereocenters. The molecule has 0 fully saturated rings. The van der Waals surface area contributed by atoms with Crippen LogP contribution in [0.4, 0.5) is 0 Å². The molecule has 0 bridgehead atoms. The monoisotopic (exact) mass is 301 g/mol. The van der Waals surface area contributed by atoms with Crippen molar-refractivity contribution in [1.29, 1.82) is 5.26 Å². The van der Waals surface area contributed by atoms with Gasteiger partial charge in [-0.25, -0.2) is 9.48 Å². The van der Waals surface area contributed by atoms with Crippen LogP contribution in [0.3, 0.4) is 0 Å². The Morgan fingerprint density at radius 3 is 2.52 bits per heavy atom. The van der Waals surface area contributed by atoms with Gasteiger partial charge in [0.2, 0.25) is 0 Å². The van der Waals surface area contributed by atoms with Gasteiger partial charge in [0, 0.05) is 16.3 Å². The van der Waals surface area contributed by atoms with Crippen LogP contribution in [0, 0.1) is 25.2 Å². The molecule has 2 aromatic rings. The molecule has 0 aliphatic carbocycles. The number of nitrogens with zero attached hydrogens (tertiary/aromatic N) is 3. The van der Waals surface area contributed by atoms with Gasteiger partial charge < -0.3 is 5.11 Å². The highest BCUT2D eigenvalue weighted by Crippen LogP contribution is 2.21. The minimum Gasteiger partial charge on any atom is -0.477 e. The standard InChI is InChI=1S/C15H12ClN3O2/c1-9-14(7-11(8-17)15(20)21)10(2)19(18-9)13-5-3-12(16)4-6-13/h3-7H,1-2H3,(H,20,21)/b11-7-. The summed E-state index contributed by atoms with van der Waals surface area (Å²) in [5.74, 6) is -1.25. The number of hydrogen-bond donors (Lipinski definition) is 1. The molecule has 1 heterocycles. The molecule has 0 radical (unpaired) electrons. The van der Waals surface area contributed by atoms with Crippen molar-refractivity contribution in [3.05, 3.63) is 51.8 Å². The maximum Gasteiger partial charge on any atom is 0.346 e. The number of nitriles is 1. The van der Waals surface area contributed by atoms with Crippen LogP contribution in [0.5, 0.6) is 0 Å². The van der Waals surface area contributed by atoms with Crippen molar-refractivity contribution < 1.29 is 9.90 Å². The lowest BCUT2D eigenvalue weighted by atomic mass is 10.1. The number of aryl methyl sites for hydroxylation is 1. The van der Waals surface area contributed by atoms with Gasteiger partial charge in [-0.15, -0.1) is 0 Å². The van der Waals surface area contributed by atoms with Gasteiger partial charge in [0.1, 0.15) is 11.6 Å². The second-order valence-electron chi connectivity index (χ2n) is 4.45. The van der Waals surface area contributed by atoms with Gasteiger partial charge in [-0.1, -0.05) is 11.6 Å². The smallest absolute Gasteiger partial charge is 0.346 e. The summed E-state index contributed by atoms with van der Waals surface area (Å²) in [4.78, 5) is 10.9. The molecule has 21 heavy (non-hydrogen) atoms. The fourth-order valence-corrected chi connectivity index (χ4v) is 2.11. The number of carboxylic acids is 1. The summed E-state index contributed by atoms with van der Waals surface area (Å²) in [6, 6.07) is 8.80. The Labute approximate surface area is 126 Å². The molecular formula is C15H12ClN3O2. The SMILES string of the molecule is Cc1nn(-c2ccc(Cl)cc2)c(C)c1/C=C(/C#N)C(=O)O. The van der Waals surface area contributed by atoms with Crippen LogP contribution in [0.25, 0.3) is 11.8 Å². The van der Waals surface area contributed by atoms with Crippen LogP contribution < -0.4 is 0 Å². The summed E-state index contributed by atoms with van der Waals surface area (Å²) in [6.07, 6.45) is 1.34. The molecule has 0 spiro atoms. The predicted octanol–water partition coefficient (Wildman–Crippen LogP) is 3.13. The van der Waals surface area contributed by atoms with Gasteiger partial charge in [0.25, 0.3) is 0 Å². The van der Waals surface area contributed by atoms with Crippen molar-refractivity contribution in [3.63, 3.8) is 0 Å². The van der Waals surface area contributed by atoms with Crippen molar-refractivity contribution in [3.8, 4) is 11.8 Å². The first-order valence-corrected chi connectivity index (χ1v) is 6.49. The zero-order chi connectivity index (χ0) is 15.6. The maximum absolute atomic E-state index is 10.9. The number of benzene rings is 1. The van der Waals surface area contributed by atoms with Crippen molar-refractivity contribution in [2.75, 3.05) is 0 Å². The van der Waals surface area contributed by atoms with E-state index in [0.29, 0.717) is 16.3 Å². The first-order chi connectivity index (χ1) is 9.93. The lowest BCUT2D eigenvalue weighted by Crippen LogP contribution is -1.99. The summed E-state index contributed by atoms with van der Waals surface area (Å²) < 4.78 is 1.69. The number of carboxylic acid groups (broad SMARTS) is 1. The molecule has 0 aliphatic heterocycles. The number of halogens is 1. The van der Waals surface area contributed by atoms with Gasteiger partial charge in [0.15, 0.2) is 0 Å². The number of carbonyl (C=O) groups is 1. The van der Waals surface area contributed by atoms with Gasteiger partial charge in [-0.05, 0) is 44.2 Å². The number of rotatable bonds is 3. The van der Waals surface area contributed by atoms with E-state index in [1.54, 1.807) is 29.8 Å². The van der Waals surface area contributed by atoms with Gasteiger partial charge in [-0.2, -0.15) is 10.4 Å². The predicted molar refractivity (Wildman–Crippen MR) is 79.3 cm³/mol. The highest BCUT2D eigenvalue weighted by Gasteiger charge is 2.14. The third-order valence-corrected chi connectivity index (χ3v) is 3.31. The van der Waals surface area contributed by atoms with Crippen LogP contribution >= 0.6 is 11.6 Å². The molecule has 0 unspecified atom stereocenters. The van der Waals surface area contributed by atoms with Gasteiger partial charge in [0.05, 0.1) is 11.4 Å². The van der Waals surface area contributed by atoms with Crippen LogP contribution in [-0.2, 0) is 4.79 Å². The second kappa shape index (κ2) is 5.81. The molecule has 1 aromatic carbocycles. The minimum atomic E-state index is -1.25. The van der Waals surface area contributed by atoms with E-state index >= 15 is 0 Å². The molecule has 0 amide bonds. The Hall–Kier alpha value is -2.58. The van der Waals surface area contributed by atoms with E-state index in [9.17, 15) is 4.79 Å².